The molecule has 1 atom stereocenters. The largest absolute Gasteiger partial charge is 0.386 e. The van der Waals surface area contributed by atoms with Gasteiger partial charge in [-0.15, -0.1) is 0 Å². The van der Waals surface area contributed by atoms with Crippen LogP contribution in [0.15, 0.2) is 47.8 Å². The summed E-state index contributed by atoms with van der Waals surface area (Å²) in [6.45, 7) is 3.33. The monoisotopic (exact) mass is 460 g/mol. The highest BCUT2D eigenvalue weighted by Crippen LogP contribution is 2.24. The van der Waals surface area contributed by atoms with Crippen LogP contribution in [0.25, 0.3) is 0 Å². The number of aromatic nitrogens is 2. The van der Waals surface area contributed by atoms with Crippen molar-refractivity contribution in [2.45, 2.75) is 16.9 Å². The molecule has 1 aromatic carbocycles. The molecule has 4 rings (SSSR count). The minimum Gasteiger partial charge on any atom is -0.386 e. The van der Waals surface area contributed by atoms with Gasteiger partial charge in [-0.3, -0.25) is 9.78 Å². The predicted octanol–water partition coefficient (Wildman–Crippen LogP) is -0.216. The first-order valence-corrected chi connectivity index (χ1v) is 12.0. The fraction of sp³-hybridized carbons (Fsp3) is 0.476. The number of amides is 1. The molecule has 10 nitrogen and oxygen atoms in total. The number of aliphatic hydroxyl groups is 1. The highest BCUT2D eigenvalue weighted by Gasteiger charge is 2.37. The van der Waals surface area contributed by atoms with E-state index in [1.807, 2.05) is 11.9 Å². The second-order valence-corrected chi connectivity index (χ2v) is 10.3. The summed E-state index contributed by atoms with van der Waals surface area (Å²) in [6, 6.07) is 5.93. The summed E-state index contributed by atoms with van der Waals surface area (Å²) in [4.78, 5) is 25.0. The van der Waals surface area contributed by atoms with Gasteiger partial charge in [0.05, 0.1) is 11.1 Å². The molecule has 2 aliphatic rings. The lowest BCUT2D eigenvalue weighted by Gasteiger charge is -2.31. The summed E-state index contributed by atoms with van der Waals surface area (Å²) >= 11 is 0. The van der Waals surface area contributed by atoms with Crippen molar-refractivity contribution in [2.24, 2.45) is 0 Å². The maximum atomic E-state index is 12.8. The van der Waals surface area contributed by atoms with Crippen LogP contribution < -0.4 is 10.2 Å². The van der Waals surface area contributed by atoms with Crippen molar-refractivity contribution in [3.05, 3.63) is 48.4 Å². The molecule has 2 aromatic rings. The Morgan fingerprint density at radius 2 is 1.84 bits per heavy atom. The Morgan fingerprint density at radius 1 is 1.12 bits per heavy atom. The van der Waals surface area contributed by atoms with E-state index in [1.54, 1.807) is 18.6 Å². The molecule has 2 saturated heterocycles. The number of sulfonamides is 1. The zero-order valence-corrected chi connectivity index (χ0v) is 18.8. The van der Waals surface area contributed by atoms with Crippen LogP contribution in [-0.4, -0.2) is 97.1 Å². The van der Waals surface area contributed by atoms with Crippen molar-refractivity contribution in [3.63, 3.8) is 0 Å². The second-order valence-electron chi connectivity index (χ2n) is 8.37. The van der Waals surface area contributed by atoms with Gasteiger partial charge in [0.15, 0.2) is 0 Å². The lowest BCUT2D eigenvalue weighted by molar-refractivity contribution is 0.0575. The first-order valence-electron chi connectivity index (χ1n) is 10.6. The highest BCUT2D eigenvalue weighted by molar-refractivity contribution is 7.89. The number of nitrogens with zero attached hydrogens (tertiary/aromatic N) is 5. The predicted molar refractivity (Wildman–Crippen MR) is 119 cm³/mol. The van der Waals surface area contributed by atoms with Crippen molar-refractivity contribution in [1.29, 1.82) is 0 Å². The molecule has 11 heteroatoms. The SMILES string of the molecule is CN1CCN(S(=O)(=O)c2ccc(C(=O)NC[C@]3(O)CCN(c4cnccn4)C3)cc2)CC1. The smallest absolute Gasteiger partial charge is 0.251 e. The molecule has 0 radical (unpaired) electrons. The van der Waals surface area contributed by atoms with Gasteiger partial charge in [0.2, 0.25) is 10.0 Å². The number of carbonyl (C=O) groups is 1. The van der Waals surface area contributed by atoms with Crippen molar-refractivity contribution in [2.75, 3.05) is 57.8 Å². The van der Waals surface area contributed by atoms with Gasteiger partial charge in [-0.05, 0) is 37.7 Å². The number of likely N-dealkylation sites (N-methyl/N-ethyl adjacent to an activating group) is 1. The van der Waals surface area contributed by atoms with Crippen LogP contribution in [0.3, 0.4) is 0 Å². The third-order valence-electron chi connectivity index (χ3n) is 6.00. The minimum absolute atomic E-state index is 0.0872. The molecular weight excluding hydrogens is 432 g/mol. The van der Waals surface area contributed by atoms with Crippen LogP contribution in [-0.2, 0) is 10.0 Å². The van der Waals surface area contributed by atoms with Gasteiger partial charge in [-0.1, -0.05) is 0 Å². The average Bonchev–Trinajstić information content (AvgIpc) is 3.21. The number of nitrogens with one attached hydrogen (secondary N) is 1. The molecule has 32 heavy (non-hydrogen) atoms. The Bertz CT molecular complexity index is 1040. The van der Waals surface area contributed by atoms with Gasteiger partial charge in [0, 0.05) is 63.8 Å². The minimum atomic E-state index is -3.58. The average molecular weight is 461 g/mol. The van der Waals surface area contributed by atoms with Gasteiger partial charge < -0.3 is 20.2 Å². The van der Waals surface area contributed by atoms with Crippen LogP contribution in [0.1, 0.15) is 16.8 Å². The van der Waals surface area contributed by atoms with Gasteiger partial charge in [0.1, 0.15) is 11.4 Å². The number of β-amino-alcohol motifs (C(OH)–C–C–N with tert-alkyl or cyclic N) is 1. The Labute approximate surface area is 187 Å². The summed E-state index contributed by atoms with van der Waals surface area (Å²) in [7, 11) is -1.61. The Kier molecular flexibility index (Phi) is 6.42. The summed E-state index contributed by atoms with van der Waals surface area (Å²) in [5, 5.41) is 13.6. The summed E-state index contributed by atoms with van der Waals surface area (Å²) in [6.07, 6.45) is 5.32. The zero-order chi connectivity index (χ0) is 22.8. The Hall–Kier alpha value is -2.60. The molecule has 0 aliphatic carbocycles. The van der Waals surface area contributed by atoms with E-state index in [0.29, 0.717) is 57.1 Å². The molecule has 2 aliphatic heterocycles. The van der Waals surface area contributed by atoms with Crippen LogP contribution in [0.2, 0.25) is 0 Å². The number of hydrogen-bond donors (Lipinski definition) is 2. The fourth-order valence-electron chi connectivity index (χ4n) is 3.95. The number of anilines is 1. The molecule has 2 fully saturated rings. The molecule has 2 N–H and O–H groups in total. The van der Waals surface area contributed by atoms with Crippen molar-refractivity contribution >= 4 is 21.7 Å². The van der Waals surface area contributed by atoms with Crippen LogP contribution >= 0.6 is 0 Å². The molecule has 0 bridgehead atoms. The number of hydrogen-bond acceptors (Lipinski definition) is 8. The van der Waals surface area contributed by atoms with Crippen LogP contribution in [0.5, 0.6) is 0 Å². The number of benzene rings is 1. The zero-order valence-electron chi connectivity index (χ0n) is 18.0. The van der Waals surface area contributed by atoms with E-state index < -0.39 is 15.6 Å². The van der Waals surface area contributed by atoms with Crippen LogP contribution in [0.4, 0.5) is 5.82 Å². The maximum Gasteiger partial charge on any atom is 0.251 e. The summed E-state index contributed by atoms with van der Waals surface area (Å²) in [5.74, 6) is 0.326. The molecule has 1 aromatic heterocycles. The molecule has 0 unspecified atom stereocenters. The molecule has 3 heterocycles. The Balaban J connectivity index is 1.34. The third kappa shape index (κ3) is 4.90. The molecule has 0 saturated carbocycles. The lowest BCUT2D eigenvalue weighted by Crippen LogP contribution is -2.47. The van der Waals surface area contributed by atoms with E-state index >= 15 is 0 Å². The van der Waals surface area contributed by atoms with Gasteiger partial charge in [0.25, 0.3) is 5.91 Å². The van der Waals surface area contributed by atoms with Gasteiger partial charge in [-0.2, -0.15) is 4.31 Å². The first-order chi connectivity index (χ1) is 15.3. The summed E-state index contributed by atoms with van der Waals surface area (Å²) < 4.78 is 27.1. The maximum absolute atomic E-state index is 12.8. The molecule has 172 valence electrons. The summed E-state index contributed by atoms with van der Waals surface area (Å²) in [5.41, 5.74) is -0.729. The lowest BCUT2D eigenvalue weighted by atomic mass is 10.0. The third-order valence-corrected chi connectivity index (χ3v) is 7.91. The molecule has 1 amide bonds. The molecule has 0 spiro atoms. The van der Waals surface area contributed by atoms with Gasteiger partial charge in [-0.25, -0.2) is 13.4 Å². The standard InChI is InChI=1S/C21H28N6O4S/c1-25-10-12-27(13-11-25)32(30,31)18-4-2-17(3-5-18)20(28)24-15-21(29)6-9-26(16-21)19-14-22-7-8-23-19/h2-5,7-8,14,29H,6,9-13,15-16H2,1H3,(H,24,28)/t21-/m1/s1. The number of piperazine rings is 1. The second kappa shape index (κ2) is 9.10. The quantitative estimate of drug-likeness (QED) is 0.608. The van der Waals surface area contributed by atoms with E-state index in [0.717, 1.165) is 0 Å². The van der Waals surface area contributed by atoms with E-state index in [-0.39, 0.29) is 17.3 Å². The highest BCUT2D eigenvalue weighted by atomic mass is 32.2. The Morgan fingerprint density at radius 3 is 2.50 bits per heavy atom. The number of carbonyl (C=O) groups excluding carboxylic acids is 1. The topological polar surface area (TPSA) is 119 Å². The van der Waals surface area contributed by atoms with Crippen molar-refractivity contribution < 1.29 is 18.3 Å². The van der Waals surface area contributed by atoms with E-state index in [1.165, 1.54) is 28.6 Å². The van der Waals surface area contributed by atoms with Crippen LogP contribution in [0, 0.1) is 0 Å². The number of rotatable bonds is 6. The van der Waals surface area contributed by atoms with E-state index in [9.17, 15) is 18.3 Å². The van der Waals surface area contributed by atoms with Gasteiger partial charge >= 0.3 is 0 Å². The normalized spacial score (nSPS) is 22.8. The fourth-order valence-corrected chi connectivity index (χ4v) is 5.38. The van der Waals surface area contributed by atoms with E-state index in [2.05, 4.69) is 20.2 Å². The molecular formula is C21H28N6O4S. The van der Waals surface area contributed by atoms with E-state index in [4.69, 9.17) is 0 Å². The van der Waals surface area contributed by atoms with Crippen molar-refractivity contribution in [3.8, 4) is 0 Å². The van der Waals surface area contributed by atoms with Crippen molar-refractivity contribution in [1.82, 2.24) is 24.5 Å². The first kappa shape index (κ1) is 22.6.